The second kappa shape index (κ2) is 8.85. The lowest BCUT2D eigenvalue weighted by Gasteiger charge is -2.33. The predicted octanol–water partition coefficient (Wildman–Crippen LogP) is 2.41. The maximum Gasteiger partial charge on any atom is 0.223 e. The van der Waals surface area contributed by atoms with E-state index in [-0.39, 0.29) is 5.91 Å². The Bertz CT molecular complexity index is 721. The van der Waals surface area contributed by atoms with E-state index in [1.165, 1.54) is 0 Å². The molecule has 2 aromatic rings. The van der Waals surface area contributed by atoms with E-state index in [9.17, 15) is 4.79 Å². The minimum absolute atomic E-state index is 0.225. The third kappa shape index (κ3) is 5.08. The number of nitrogens with zero attached hydrogens (tertiary/aromatic N) is 5. The molecule has 0 radical (unpaired) electrons. The van der Waals surface area contributed by atoms with Crippen LogP contribution in [0.25, 0.3) is 0 Å². The quantitative estimate of drug-likeness (QED) is 0.798. The minimum atomic E-state index is 0.225. The summed E-state index contributed by atoms with van der Waals surface area (Å²) in [6, 6.07) is 5.91. The zero-order chi connectivity index (χ0) is 18.4. The summed E-state index contributed by atoms with van der Waals surface area (Å²) in [6.45, 7) is 5.05. The summed E-state index contributed by atoms with van der Waals surface area (Å²) >= 11 is 0. The third-order valence-electron chi connectivity index (χ3n) is 4.83. The van der Waals surface area contributed by atoms with Gasteiger partial charge >= 0.3 is 0 Å². The second-order valence-electron chi connectivity index (χ2n) is 7.07. The fraction of sp³-hybridized carbons (Fsp3) is 0.500. The van der Waals surface area contributed by atoms with Gasteiger partial charge in [-0.3, -0.25) is 19.7 Å². The first-order valence-electron chi connectivity index (χ1n) is 9.26. The van der Waals surface area contributed by atoms with E-state index in [4.69, 9.17) is 0 Å². The number of aromatic nitrogens is 3. The van der Waals surface area contributed by atoms with Crippen molar-refractivity contribution in [3.63, 3.8) is 0 Å². The average Bonchev–Trinajstić information content (AvgIpc) is 2.67. The van der Waals surface area contributed by atoms with Crippen LogP contribution in [0.3, 0.4) is 0 Å². The molecule has 0 aliphatic carbocycles. The number of piperidine rings is 1. The summed E-state index contributed by atoms with van der Waals surface area (Å²) in [4.78, 5) is 30.0. The maximum atomic E-state index is 12.6. The van der Waals surface area contributed by atoms with Gasteiger partial charge in [0.05, 0.1) is 17.1 Å². The lowest BCUT2D eigenvalue weighted by atomic mass is 9.94. The molecular weight excluding hydrogens is 326 g/mol. The fourth-order valence-corrected chi connectivity index (χ4v) is 3.42. The van der Waals surface area contributed by atoms with E-state index in [1.807, 2.05) is 43.3 Å². The smallest absolute Gasteiger partial charge is 0.223 e. The topological polar surface area (TPSA) is 62.2 Å². The van der Waals surface area contributed by atoms with Crippen molar-refractivity contribution in [1.29, 1.82) is 0 Å². The van der Waals surface area contributed by atoms with Gasteiger partial charge < -0.3 is 9.80 Å². The molecule has 0 saturated carbocycles. The van der Waals surface area contributed by atoms with E-state index < -0.39 is 0 Å². The van der Waals surface area contributed by atoms with Crippen LogP contribution in [-0.2, 0) is 11.3 Å². The highest BCUT2D eigenvalue weighted by Gasteiger charge is 2.25. The number of hydrogen-bond acceptors (Lipinski definition) is 5. The van der Waals surface area contributed by atoms with Gasteiger partial charge in [-0.1, -0.05) is 6.07 Å². The van der Waals surface area contributed by atoms with Crippen LogP contribution in [0.1, 0.15) is 42.3 Å². The number of rotatable bonds is 6. The number of aryl methyl sites for hydroxylation is 1. The highest BCUT2D eigenvalue weighted by Crippen LogP contribution is 2.25. The highest BCUT2D eigenvalue weighted by atomic mass is 16.2. The van der Waals surface area contributed by atoms with Crippen molar-refractivity contribution in [3.8, 4) is 0 Å². The summed E-state index contributed by atoms with van der Waals surface area (Å²) in [6.07, 6.45) is 8.04. The maximum absolute atomic E-state index is 12.6. The molecule has 6 heteroatoms. The van der Waals surface area contributed by atoms with Crippen LogP contribution in [0.2, 0.25) is 0 Å². The van der Waals surface area contributed by atoms with Crippen molar-refractivity contribution in [3.05, 3.63) is 53.9 Å². The van der Waals surface area contributed by atoms with Gasteiger partial charge in [0, 0.05) is 57.1 Å². The van der Waals surface area contributed by atoms with Crippen LogP contribution in [0, 0.1) is 6.92 Å². The number of pyridine rings is 1. The molecular formula is C20H27N5O. The molecule has 0 aromatic carbocycles. The van der Waals surface area contributed by atoms with Crippen LogP contribution in [-0.4, -0.2) is 57.3 Å². The largest absolute Gasteiger partial charge is 0.342 e. The van der Waals surface area contributed by atoms with Crippen LogP contribution in [0.4, 0.5) is 0 Å². The third-order valence-corrected chi connectivity index (χ3v) is 4.83. The average molecular weight is 353 g/mol. The molecule has 1 saturated heterocycles. The highest BCUT2D eigenvalue weighted by molar-refractivity contribution is 5.76. The van der Waals surface area contributed by atoms with Gasteiger partial charge in [0.2, 0.25) is 5.91 Å². The van der Waals surface area contributed by atoms with Gasteiger partial charge in [0.25, 0.3) is 0 Å². The zero-order valence-corrected chi connectivity index (χ0v) is 15.6. The summed E-state index contributed by atoms with van der Waals surface area (Å²) in [5, 5.41) is 0. The molecule has 1 fully saturated rings. The van der Waals surface area contributed by atoms with Crippen molar-refractivity contribution < 1.29 is 4.79 Å². The Hall–Kier alpha value is -2.34. The minimum Gasteiger partial charge on any atom is -0.342 e. The molecule has 0 bridgehead atoms. The van der Waals surface area contributed by atoms with Gasteiger partial charge in [-0.25, -0.2) is 0 Å². The lowest BCUT2D eigenvalue weighted by Crippen LogP contribution is -2.40. The molecule has 1 aliphatic rings. The molecule has 0 unspecified atom stereocenters. The number of carbonyl (C=O) groups is 1. The molecule has 1 atom stereocenters. The standard InChI is InChI=1S/C20H27N5O/c1-16-12-21-13-19(23-16)17-6-5-10-25(14-17)20(26)8-11-24(2)15-18-7-3-4-9-22-18/h3-4,7,9,12-13,17H,5-6,8,10-11,14-15H2,1-2H3/t17-/m1/s1. The number of likely N-dealkylation sites (tertiary alicyclic amines) is 1. The van der Waals surface area contributed by atoms with Gasteiger partial charge in [-0.05, 0) is 38.9 Å². The number of amides is 1. The molecule has 1 aliphatic heterocycles. The van der Waals surface area contributed by atoms with Crippen molar-refractivity contribution in [2.75, 3.05) is 26.7 Å². The van der Waals surface area contributed by atoms with Crippen molar-refractivity contribution >= 4 is 5.91 Å². The van der Waals surface area contributed by atoms with E-state index in [0.717, 1.165) is 56.1 Å². The Labute approximate surface area is 155 Å². The summed E-state index contributed by atoms with van der Waals surface area (Å²) in [5.74, 6) is 0.523. The van der Waals surface area contributed by atoms with Crippen LogP contribution in [0.5, 0.6) is 0 Å². The van der Waals surface area contributed by atoms with Crippen molar-refractivity contribution in [2.24, 2.45) is 0 Å². The molecule has 2 aromatic heterocycles. The Morgan fingerprint density at radius 2 is 2.23 bits per heavy atom. The van der Waals surface area contributed by atoms with Gasteiger partial charge in [0.15, 0.2) is 0 Å². The molecule has 26 heavy (non-hydrogen) atoms. The molecule has 0 N–H and O–H groups in total. The summed E-state index contributed by atoms with van der Waals surface area (Å²) in [7, 11) is 2.03. The van der Waals surface area contributed by atoms with Crippen molar-refractivity contribution in [1.82, 2.24) is 24.8 Å². The van der Waals surface area contributed by atoms with Crippen LogP contribution >= 0.6 is 0 Å². The van der Waals surface area contributed by atoms with Crippen LogP contribution in [0.15, 0.2) is 36.8 Å². The molecule has 1 amide bonds. The molecule has 0 spiro atoms. The second-order valence-corrected chi connectivity index (χ2v) is 7.07. The first kappa shape index (κ1) is 18.5. The zero-order valence-electron chi connectivity index (χ0n) is 15.6. The first-order chi connectivity index (χ1) is 12.6. The Morgan fingerprint density at radius 3 is 3.00 bits per heavy atom. The van der Waals surface area contributed by atoms with E-state index in [1.54, 1.807) is 12.4 Å². The summed E-state index contributed by atoms with van der Waals surface area (Å²) < 4.78 is 0. The SMILES string of the molecule is Cc1cncc([C@@H]2CCCN(C(=O)CCN(C)Cc3ccccn3)C2)n1. The van der Waals surface area contributed by atoms with Gasteiger partial charge in [-0.2, -0.15) is 0 Å². The molecule has 138 valence electrons. The molecule has 3 rings (SSSR count). The first-order valence-corrected chi connectivity index (χ1v) is 9.26. The number of carbonyl (C=O) groups excluding carboxylic acids is 1. The van der Waals surface area contributed by atoms with E-state index in [0.29, 0.717) is 12.3 Å². The molecule has 3 heterocycles. The predicted molar refractivity (Wildman–Crippen MR) is 101 cm³/mol. The molecule has 6 nitrogen and oxygen atoms in total. The van der Waals surface area contributed by atoms with E-state index >= 15 is 0 Å². The van der Waals surface area contributed by atoms with Crippen LogP contribution < -0.4 is 0 Å². The normalized spacial score (nSPS) is 17.5. The van der Waals surface area contributed by atoms with Crippen molar-refractivity contribution in [2.45, 2.75) is 38.6 Å². The van der Waals surface area contributed by atoms with Gasteiger partial charge in [-0.15, -0.1) is 0 Å². The Balaban J connectivity index is 1.49. The monoisotopic (exact) mass is 353 g/mol. The Kier molecular flexibility index (Phi) is 6.28. The lowest BCUT2D eigenvalue weighted by molar-refractivity contribution is -0.132. The Morgan fingerprint density at radius 1 is 1.35 bits per heavy atom. The number of hydrogen-bond donors (Lipinski definition) is 0. The van der Waals surface area contributed by atoms with Gasteiger partial charge in [0.1, 0.15) is 0 Å². The summed E-state index contributed by atoms with van der Waals surface area (Å²) in [5.41, 5.74) is 2.97. The van der Waals surface area contributed by atoms with E-state index in [2.05, 4.69) is 19.9 Å². The fourth-order valence-electron chi connectivity index (χ4n) is 3.42.